The summed E-state index contributed by atoms with van der Waals surface area (Å²) in [6.45, 7) is 4.76. The molecule has 0 radical (unpaired) electrons. The standard InChI is InChI=1S/C15H26N2O3/c1-14(2)8-4-11(5-9-14)17-13(20)16-10-15(12(18)19)6-3-7-15/h11H,3-10H2,1-2H3,(H,18,19)(H2,16,17,20). The summed E-state index contributed by atoms with van der Waals surface area (Å²) in [4.78, 5) is 23.1. The lowest BCUT2D eigenvalue weighted by Gasteiger charge is -2.38. The maximum Gasteiger partial charge on any atom is 0.315 e. The van der Waals surface area contributed by atoms with Crippen LogP contribution in [0.4, 0.5) is 4.79 Å². The molecule has 2 aliphatic rings. The summed E-state index contributed by atoms with van der Waals surface area (Å²) in [7, 11) is 0. The summed E-state index contributed by atoms with van der Waals surface area (Å²) in [5.41, 5.74) is -0.333. The van der Waals surface area contributed by atoms with Gasteiger partial charge < -0.3 is 15.7 Å². The van der Waals surface area contributed by atoms with Crippen LogP contribution in [0.1, 0.15) is 58.8 Å². The van der Waals surface area contributed by atoms with Crippen molar-refractivity contribution in [2.75, 3.05) is 6.54 Å². The summed E-state index contributed by atoms with van der Waals surface area (Å²) in [6.07, 6.45) is 6.52. The first-order chi connectivity index (χ1) is 9.33. The summed E-state index contributed by atoms with van der Waals surface area (Å²) < 4.78 is 0. The van der Waals surface area contributed by atoms with Crippen LogP contribution in [0.5, 0.6) is 0 Å². The van der Waals surface area contributed by atoms with Crippen molar-refractivity contribution in [3.05, 3.63) is 0 Å². The van der Waals surface area contributed by atoms with Crippen molar-refractivity contribution >= 4 is 12.0 Å². The van der Waals surface area contributed by atoms with Crippen molar-refractivity contribution in [1.29, 1.82) is 0 Å². The highest BCUT2D eigenvalue weighted by Gasteiger charge is 2.44. The van der Waals surface area contributed by atoms with Crippen LogP contribution in [0.2, 0.25) is 0 Å². The zero-order valence-corrected chi connectivity index (χ0v) is 12.5. The first-order valence-corrected chi connectivity index (χ1v) is 7.61. The molecule has 0 bridgehead atoms. The Morgan fingerprint density at radius 2 is 1.75 bits per heavy atom. The van der Waals surface area contributed by atoms with Gasteiger partial charge in [0.25, 0.3) is 0 Å². The van der Waals surface area contributed by atoms with E-state index in [1.54, 1.807) is 0 Å². The van der Waals surface area contributed by atoms with Crippen molar-refractivity contribution in [1.82, 2.24) is 10.6 Å². The zero-order valence-electron chi connectivity index (χ0n) is 12.5. The summed E-state index contributed by atoms with van der Waals surface area (Å²) in [5.74, 6) is -0.788. The van der Waals surface area contributed by atoms with E-state index in [-0.39, 0.29) is 18.6 Å². The number of rotatable bonds is 4. The molecule has 2 fully saturated rings. The van der Waals surface area contributed by atoms with Gasteiger partial charge in [0, 0.05) is 12.6 Å². The lowest BCUT2D eigenvalue weighted by molar-refractivity contribution is -0.153. The maximum atomic E-state index is 11.9. The molecular formula is C15H26N2O3. The highest BCUT2D eigenvalue weighted by atomic mass is 16.4. The van der Waals surface area contributed by atoms with Crippen molar-refractivity contribution in [3.63, 3.8) is 0 Å². The smallest absolute Gasteiger partial charge is 0.315 e. The lowest BCUT2D eigenvalue weighted by atomic mass is 9.69. The van der Waals surface area contributed by atoms with Crippen LogP contribution in [0.25, 0.3) is 0 Å². The fraction of sp³-hybridized carbons (Fsp3) is 0.867. The molecule has 0 aliphatic heterocycles. The number of amides is 2. The minimum absolute atomic E-state index is 0.220. The van der Waals surface area contributed by atoms with Gasteiger partial charge in [0.1, 0.15) is 0 Å². The zero-order chi connectivity index (χ0) is 14.8. The normalized spacial score (nSPS) is 24.5. The summed E-state index contributed by atoms with van der Waals surface area (Å²) >= 11 is 0. The fourth-order valence-corrected chi connectivity index (χ4v) is 3.10. The van der Waals surface area contributed by atoms with Crippen LogP contribution in [-0.2, 0) is 4.79 Å². The topological polar surface area (TPSA) is 78.4 Å². The second-order valence-electron chi connectivity index (χ2n) is 7.20. The third-order valence-corrected chi connectivity index (χ3v) is 5.03. The molecule has 0 spiro atoms. The van der Waals surface area contributed by atoms with Gasteiger partial charge in [-0.2, -0.15) is 0 Å². The second-order valence-corrected chi connectivity index (χ2v) is 7.20. The number of nitrogens with one attached hydrogen (secondary N) is 2. The molecule has 2 amide bonds. The molecule has 0 aromatic rings. The first-order valence-electron chi connectivity index (χ1n) is 7.61. The third kappa shape index (κ3) is 3.44. The molecule has 0 saturated heterocycles. The maximum absolute atomic E-state index is 11.9. The van der Waals surface area contributed by atoms with Crippen LogP contribution < -0.4 is 10.6 Å². The average Bonchev–Trinajstić information content (AvgIpc) is 2.30. The Labute approximate surface area is 120 Å². The minimum Gasteiger partial charge on any atom is -0.481 e. The van der Waals surface area contributed by atoms with Crippen molar-refractivity contribution in [3.8, 4) is 0 Å². The lowest BCUT2D eigenvalue weighted by Crippen LogP contribution is -2.51. The predicted octanol–water partition coefficient (Wildman–Crippen LogP) is 2.51. The number of carboxylic acids is 1. The van der Waals surface area contributed by atoms with Crippen LogP contribution in [0.3, 0.4) is 0 Å². The van der Waals surface area contributed by atoms with E-state index in [2.05, 4.69) is 24.5 Å². The number of carboxylic acid groups (broad SMARTS) is 1. The van der Waals surface area contributed by atoms with Gasteiger partial charge in [-0.25, -0.2) is 4.79 Å². The largest absolute Gasteiger partial charge is 0.481 e. The monoisotopic (exact) mass is 282 g/mol. The highest BCUT2D eigenvalue weighted by Crippen LogP contribution is 2.40. The van der Waals surface area contributed by atoms with Crippen molar-refractivity contribution in [2.45, 2.75) is 64.8 Å². The molecule has 0 unspecified atom stereocenters. The van der Waals surface area contributed by atoms with Crippen LogP contribution in [0, 0.1) is 10.8 Å². The number of hydrogen-bond donors (Lipinski definition) is 3. The molecule has 5 heteroatoms. The van der Waals surface area contributed by atoms with Crippen molar-refractivity contribution < 1.29 is 14.7 Å². The number of hydrogen-bond acceptors (Lipinski definition) is 2. The van der Waals surface area contributed by atoms with Gasteiger partial charge in [-0.3, -0.25) is 4.79 Å². The Balaban J connectivity index is 1.72. The van der Waals surface area contributed by atoms with Crippen molar-refractivity contribution in [2.24, 2.45) is 10.8 Å². The van der Waals surface area contributed by atoms with Gasteiger partial charge >= 0.3 is 12.0 Å². The van der Waals surface area contributed by atoms with E-state index in [1.165, 1.54) is 0 Å². The van der Waals surface area contributed by atoms with E-state index in [0.717, 1.165) is 32.1 Å². The predicted molar refractivity (Wildman–Crippen MR) is 76.5 cm³/mol. The quantitative estimate of drug-likeness (QED) is 0.741. The Kier molecular flexibility index (Phi) is 4.25. The third-order valence-electron chi connectivity index (χ3n) is 5.03. The Morgan fingerprint density at radius 3 is 2.20 bits per heavy atom. The Hall–Kier alpha value is -1.26. The van der Waals surface area contributed by atoms with Gasteiger partial charge in [-0.05, 0) is 43.9 Å². The average molecular weight is 282 g/mol. The van der Waals surface area contributed by atoms with E-state index in [9.17, 15) is 14.7 Å². The van der Waals surface area contributed by atoms with Crippen LogP contribution in [0.15, 0.2) is 0 Å². The van der Waals surface area contributed by atoms with E-state index < -0.39 is 11.4 Å². The minimum atomic E-state index is -0.788. The highest BCUT2D eigenvalue weighted by molar-refractivity contribution is 5.79. The molecule has 5 nitrogen and oxygen atoms in total. The van der Waals surface area contributed by atoms with E-state index >= 15 is 0 Å². The van der Waals surface area contributed by atoms with E-state index in [1.807, 2.05) is 0 Å². The first kappa shape index (κ1) is 15.1. The van der Waals surface area contributed by atoms with Crippen LogP contribution >= 0.6 is 0 Å². The molecule has 2 aliphatic carbocycles. The Morgan fingerprint density at radius 1 is 1.15 bits per heavy atom. The Bertz CT molecular complexity index is 379. The number of urea groups is 1. The van der Waals surface area contributed by atoms with E-state index in [0.29, 0.717) is 18.3 Å². The molecule has 0 heterocycles. The van der Waals surface area contributed by atoms with Gasteiger partial charge in [0.2, 0.25) is 0 Å². The molecule has 0 aromatic heterocycles. The number of aliphatic carboxylic acids is 1. The molecule has 3 N–H and O–H groups in total. The van der Waals surface area contributed by atoms with Gasteiger partial charge in [0.15, 0.2) is 0 Å². The SMILES string of the molecule is CC1(C)CCC(NC(=O)NCC2(C(=O)O)CCC2)CC1. The van der Waals surface area contributed by atoms with Gasteiger partial charge in [-0.1, -0.05) is 20.3 Å². The molecular weight excluding hydrogens is 256 g/mol. The molecule has 20 heavy (non-hydrogen) atoms. The molecule has 2 rings (SSSR count). The molecule has 0 aromatic carbocycles. The second kappa shape index (κ2) is 5.62. The molecule has 2 saturated carbocycles. The van der Waals surface area contributed by atoms with Gasteiger partial charge in [-0.15, -0.1) is 0 Å². The molecule has 114 valence electrons. The summed E-state index contributed by atoms with van der Waals surface area (Å²) in [5, 5.41) is 14.9. The number of carbonyl (C=O) groups is 2. The van der Waals surface area contributed by atoms with Gasteiger partial charge in [0.05, 0.1) is 5.41 Å². The fourth-order valence-electron chi connectivity index (χ4n) is 3.10. The molecule has 0 atom stereocenters. The number of carbonyl (C=O) groups excluding carboxylic acids is 1. The van der Waals surface area contributed by atoms with E-state index in [4.69, 9.17) is 0 Å². The van der Waals surface area contributed by atoms with Crippen LogP contribution in [-0.4, -0.2) is 29.7 Å². The summed E-state index contributed by atoms with van der Waals surface area (Å²) in [6, 6.07) is 0.00687.